The van der Waals surface area contributed by atoms with Crippen molar-refractivity contribution in [2.45, 2.75) is 12.3 Å². The summed E-state index contributed by atoms with van der Waals surface area (Å²) in [5.41, 5.74) is 0.777. The summed E-state index contributed by atoms with van der Waals surface area (Å²) in [6, 6.07) is 6.59. The molecule has 4 heteroatoms. The van der Waals surface area contributed by atoms with E-state index < -0.39 is 5.97 Å². The molecule has 82 valence electrons. The zero-order valence-corrected chi connectivity index (χ0v) is 8.51. The summed E-state index contributed by atoms with van der Waals surface area (Å²) in [6.07, 6.45) is -0.00269. The Bertz CT molecular complexity index is 335. The minimum atomic E-state index is -0.875. The lowest BCUT2D eigenvalue weighted by molar-refractivity contribution is -0.137. The van der Waals surface area contributed by atoms with E-state index in [1.807, 2.05) is 0 Å². The number of carbonyl (C=O) groups is 1. The molecule has 1 atom stereocenters. The topological polar surface area (TPSA) is 66.8 Å². The molecule has 15 heavy (non-hydrogen) atoms. The van der Waals surface area contributed by atoms with Crippen LogP contribution in [0.15, 0.2) is 24.3 Å². The number of methoxy groups -OCH3 is 1. The van der Waals surface area contributed by atoms with Gasteiger partial charge in [0, 0.05) is 13.0 Å². The number of phenols is 1. The average Bonchev–Trinajstić information content (AvgIpc) is 2.16. The van der Waals surface area contributed by atoms with E-state index in [9.17, 15) is 9.90 Å². The van der Waals surface area contributed by atoms with Crippen LogP contribution >= 0.6 is 0 Å². The summed E-state index contributed by atoms with van der Waals surface area (Å²) in [5.74, 6) is -0.959. The molecule has 0 aliphatic carbocycles. The minimum Gasteiger partial charge on any atom is -0.508 e. The molecule has 1 unspecified atom stereocenters. The van der Waals surface area contributed by atoms with Crippen molar-refractivity contribution in [3.8, 4) is 5.75 Å². The predicted molar refractivity (Wildman–Crippen MR) is 55.0 cm³/mol. The van der Waals surface area contributed by atoms with Crippen LogP contribution in [0.2, 0.25) is 0 Å². The fraction of sp³-hybridized carbons (Fsp3) is 0.364. The molecule has 0 bridgehead atoms. The Kier molecular flexibility index (Phi) is 4.12. The quantitative estimate of drug-likeness (QED) is 0.774. The van der Waals surface area contributed by atoms with Crippen LogP contribution in [0.4, 0.5) is 0 Å². The van der Waals surface area contributed by atoms with E-state index in [2.05, 4.69) is 0 Å². The minimum absolute atomic E-state index is 0.00269. The van der Waals surface area contributed by atoms with Crippen molar-refractivity contribution in [3.05, 3.63) is 29.8 Å². The molecule has 0 aliphatic rings. The highest BCUT2D eigenvalue weighted by Crippen LogP contribution is 2.23. The molecule has 0 aromatic heterocycles. The fourth-order valence-electron chi connectivity index (χ4n) is 1.46. The highest BCUT2D eigenvalue weighted by atomic mass is 16.5. The van der Waals surface area contributed by atoms with Crippen molar-refractivity contribution in [2.24, 2.45) is 0 Å². The Morgan fingerprint density at radius 3 is 2.80 bits per heavy atom. The largest absolute Gasteiger partial charge is 0.508 e. The van der Waals surface area contributed by atoms with Crippen molar-refractivity contribution in [2.75, 3.05) is 13.7 Å². The van der Waals surface area contributed by atoms with Crippen LogP contribution < -0.4 is 0 Å². The monoisotopic (exact) mass is 210 g/mol. The number of carboxylic acid groups (broad SMARTS) is 1. The smallest absolute Gasteiger partial charge is 0.304 e. The first-order chi connectivity index (χ1) is 7.13. The van der Waals surface area contributed by atoms with Gasteiger partial charge < -0.3 is 14.9 Å². The number of benzene rings is 1. The van der Waals surface area contributed by atoms with Gasteiger partial charge in [0.25, 0.3) is 0 Å². The van der Waals surface area contributed by atoms with Crippen molar-refractivity contribution in [3.63, 3.8) is 0 Å². The molecular formula is C11H14O4. The van der Waals surface area contributed by atoms with Crippen molar-refractivity contribution in [1.82, 2.24) is 0 Å². The SMILES string of the molecule is COCC(CC(=O)O)c1cccc(O)c1. The summed E-state index contributed by atoms with van der Waals surface area (Å²) in [6.45, 7) is 0.329. The highest BCUT2D eigenvalue weighted by Gasteiger charge is 2.15. The van der Waals surface area contributed by atoms with Gasteiger partial charge in [-0.25, -0.2) is 0 Å². The van der Waals surface area contributed by atoms with Crippen molar-refractivity contribution < 1.29 is 19.7 Å². The second-order valence-electron chi connectivity index (χ2n) is 3.35. The molecule has 1 aromatic carbocycles. The number of hydrogen-bond acceptors (Lipinski definition) is 3. The molecule has 0 amide bonds. The van der Waals surface area contributed by atoms with E-state index in [0.717, 1.165) is 5.56 Å². The van der Waals surface area contributed by atoms with Gasteiger partial charge in [-0.2, -0.15) is 0 Å². The van der Waals surface area contributed by atoms with Crippen LogP contribution in [0.25, 0.3) is 0 Å². The first kappa shape index (κ1) is 11.5. The molecule has 0 heterocycles. The molecule has 4 nitrogen and oxygen atoms in total. The van der Waals surface area contributed by atoms with Gasteiger partial charge in [-0.05, 0) is 17.7 Å². The second kappa shape index (κ2) is 5.36. The van der Waals surface area contributed by atoms with Gasteiger partial charge >= 0.3 is 5.97 Å². The zero-order chi connectivity index (χ0) is 11.3. The summed E-state index contributed by atoms with van der Waals surface area (Å²) < 4.78 is 4.95. The van der Waals surface area contributed by atoms with Crippen LogP contribution in [0.5, 0.6) is 5.75 Å². The fourth-order valence-corrected chi connectivity index (χ4v) is 1.46. The molecule has 1 rings (SSSR count). The first-order valence-electron chi connectivity index (χ1n) is 4.63. The second-order valence-corrected chi connectivity index (χ2v) is 3.35. The normalized spacial score (nSPS) is 12.3. The standard InChI is InChI=1S/C11H14O4/c1-15-7-9(6-11(13)14)8-3-2-4-10(12)5-8/h2-5,9,12H,6-7H2,1H3,(H,13,14). The van der Waals surface area contributed by atoms with E-state index in [4.69, 9.17) is 9.84 Å². The van der Waals surface area contributed by atoms with Crippen LogP contribution in [-0.4, -0.2) is 29.9 Å². The zero-order valence-electron chi connectivity index (χ0n) is 8.51. The summed E-state index contributed by atoms with van der Waals surface area (Å²) in [5, 5.41) is 18.0. The van der Waals surface area contributed by atoms with Gasteiger partial charge in [-0.15, -0.1) is 0 Å². The molecule has 0 fully saturated rings. The number of aliphatic carboxylic acids is 1. The molecule has 0 spiro atoms. The molecule has 0 radical (unpaired) electrons. The van der Waals surface area contributed by atoms with Gasteiger partial charge in [0.1, 0.15) is 5.75 Å². The molecule has 0 saturated carbocycles. The molecular weight excluding hydrogens is 196 g/mol. The third-order valence-corrected chi connectivity index (χ3v) is 2.13. The Morgan fingerprint density at radius 2 is 2.27 bits per heavy atom. The van der Waals surface area contributed by atoms with Gasteiger partial charge in [-0.3, -0.25) is 4.79 Å². The van der Waals surface area contributed by atoms with Gasteiger partial charge in [0.15, 0.2) is 0 Å². The Morgan fingerprint density at radius 1 is 1.53 bits per heavy atom. The maximum absolute atomic E-state index is 10.6. The van der Waals surface area contributed by atoms with Gasteiger partial charge in [0.05, 0.1) is 13.0 Å². The van der Waals surface area contributed by atoms with Gasteiger partial charge in [-0.1, -0.05) is 12.1 Å². The Balaban J connectivity index is 2.83. The van der Waals surface area contributed by atoms with Crippen LogP contribution in [0, 0.1) is 0 Å². The van der Waals surface area contributed by atoms with Crippen LogP contribution in [0.1, 0.15) is 17.9 Å². The maximum Gasteiger partial charge on any atom is 0.304 e. The highest BCUT2D eigenvalue weighted by molar-refractivity contribution is 5.68. The maximum atomic E-state index is 10.6. The van der Waals surface area contributed by atoms with E-state index in [-0.39, 0.29) is 18.1 Å². The third kappa shape index (κ3) is 3.59. The molecule has 2 N–H and O–H groups in total. The summed E-state index contributed by atoms with van der Waals surface area (Å²) in [4.78, 5) is 10.6. The van der Waals surface area contributed by atoms with Gasteiger partial charge in [0.2, 0.25) is 0 Å². The number of rotatable bonds is 5. The summed E-state index contributed by atoms with van der Waals surface area (Å²) >= 11 is 0. The molecule has 0 aliphatic heterocycles. The average molecular weight is 210 g/mol. The predicted octanol–water partition coefficient (Wildman–Crippen LogP) is 1.60. The molecule has 0 saturated heterocycles. The molecule has 1 aromatic rings. The van der Waals surface area contributed by atoms with Crippen molar-refractivity contribution >= 4 is 5.97 Å². The summed E-state index contributed by atoms with van der Waals surface area (Å²) in [7, 11) is 1.53. The first-order valence-corrected chi connectivity index (χ1v) is 4.63. The van der Waals surface area contributed by atoms with Crippen LogP contribution in [-0.2, 0) is 9.53 Å². The number of carboxylic acids is 1. The van der Waals surface area contributed by atoms with E-state index in [1.165, 1.54) is 7.11 Å². The van der Waals surface area contributed by atoms with Crippen molar-refractivity contribution in [1.29, 1.82) is 0 Å². The van der Waals surface area contributed by atoms with Crippen LogP contribution in [0.3, 0.4) is 0 Å². The Hall–Kier alpha value is -1.55. The lowest BCUT2D eigenvalue weighted by Crippen LogP contribution is -2.11. The lowest BCUT2D eigenvalue weighted by atomic mass is 9.96. The lowest BCUT2D eigenvalue weighted by Gasteiger charge is -2.14. The van der Waals surface area contributed by atoms with E-state index in [1.54, 1.807) is 24.3 Å². The number of ether oxygens (including phenoxy) is 1. The number of hydrogen-bond donors (Lipinski definition) is 2. The number of phenolic OH excluding ortho intramolecular Hbond substituents is 1. The van der Waals surface area contributed by atoms with E-state index >= 15 is 0 Å². The third-order valence-electron chi connectivity index (χ3n) is 2.13. The van der Waals surface area contributed by atoms with E-state index in [0.29, 0.717) is 6.61 Å². The number of aromatic hydroxyl groups is 1. The Labute approximate surface area is 88.1 Å².